The van der Waals surface area contributed by atoms with Gasteiger partial charge in [-0.15, -0.1) is 0 Å². The Balaban J connectivity index is 2.68. The number of imidazole rings is 1. The molecule has 0 unspecified atom stereocenters. The smallest absolute Gasteiger partial charge is 0.155 e. The van der Waals surface area contributed by atoms with Crippen LogP contribution in [-0.2, 0) is 0 Å². The van der Waals surface area contributed by atoms with Gasteiger partial charge in [-0.2, -0.15) is 0 Å². The van der Waals surface area contributed by atoms with Crippen molar-refractivity contribution < 1.29 is 0 Å². The lowest BCUT2D eigenvalue weighted by Gasteiger charge is -2.04. The third-order valence-electron chi connectivity index (χ3n) is 2.76. The van der Waals surface area contributed by atoms with E-state index in [1.54, 1.807) is 0 Å². The van der Waals surface area contributed by atoms with Crippen molar-refractivity contribution in [2.75, 3.05) is 0 Å². The Labute approximate surface area is 97.7 Å². The maximum Gasteiger partial charge on any atom is 0.155 e. The number of fused-ring (bicyclic) bond motifs is 3. The monoisotopic (exact) mass is 231 g/mol. The number of aryl methyl sites for hydroxylation is 2. The molecule has 80 valence electrons. The van der Waals surface area contributed by atoms with E-state index in [4.69, 9.17) is 11.6 Å². The second-order valence-corrected chi connectivity index (χ2v) is 4.18. The number of para-hydroxylation sites is 2. The Morgan fingerprint density at radius 1 is 1.12 bits per heavy atom. The van der Waals surface area contributed by atoms with Crippen LogP contribution in [0.15, 0.2) is 24.3 Å². The molecule has 4 heteroatoms. The fourth-order valence-electron chi connectivity index (χ4n) is 2.11. The molecule has 0 atom stereocenters. The van der Waals surface area contributed by atoms with Gasteiger partial charge < -0.3 is 0 Å². The van der Waals surface area contributed by atoms with Crippen LogP contribution >= 0.6 is 11.6 Å². The Morgan fingerprint density at radius 2 is 1.88 bits per heavy atom. The van der Waals surface area contributed by atoms with Crippen molar-refractivity contribution in [1.82, 2.24) is 14.4 Å². The number of aromatic nitrogens is 3. The first kappa shape index (κ1) is 9.60. The quantitative estimate of drug-likeness (QED) is 0.595. The molecule has 3 aromatic rings. The summed E-state index contributed by atoms with van der Waals surface area (Å²) in [5.41, 5.74) is 3.75. The number of halogens is 1. The zero-order chi connectivity index (χ0) is 11.3. The third kappa shape index (κ3) is 1.15. The highest BCUT2D eigenvalue weighted by Gasteiger charge is 2.12. The molecular formula is C12H10ClN3. The van der Waals surface area contributed by atoms with Gasteiger partial charge in [0.25, 0.3) is 0 Å². The number of rotatable bonds is 0. The van der Waals surface area contributed by atoms with Gasteiger partial charge in [-0.1, -0.05) is 23.7 Å². The summed E-state index contributed by atoms with van der Waals surface area (Å²) in [6, 6.07) is 7.93. The highest BCUT2D eigenvalue weighted by molar-refractivity contribution is 6.33. The molecule has 3 rings (SSSR count). The Kier molecular flexibility index (Phi) is 1.91. The van der Waals surface area contributed by atoms with E-state index in [1.807, 2.05) is 38.1 Å². The van der Waals surface area contributed by atoms with Crippen LogP contribution in [0.3, 0.4) is 0 Å². The van der Waals surface area contributed by atoms with Crippen LogP contribution in [-0.4, -0.2) is 14.4 Å². The van der Waals surface area contributed by atoms with Crippen LogP contribution in [0.25, 0.3) is 16.6 Å². The van der Waals surface area contributed by atoms with Crippen molar-refractivity contribution in [3.63, 3.8) is 0 Å². The zero-order valence-electron chi connectivity index (χ0n) is 9.03. The lowest BCUT2D eigenvalue weighted by atomic mass is 10.3. The van der Waals surface area contributed by atoms with E-state index in [-0.39, 0.29) is 0 Å². The molecule has 16 heavy (non-hydrogen) atoms. The predicted molar refractivity (Wildman–Crippen MR) is 65.0 cm³/mol. The third-order valence-corrected chi connectivity index (χ3v) is 3.02. The van der Waals surface area contributed by atoms with Gasteiger partial charge in [0.1, 0.15) is 11.3 Å². The van der Waals surface area contributed by atoms with Gasteiger partial charge in [0.2, 0.25) is 0 Å². The molecule has 0 radical (unpaired) electrons. The van der Waals surface area contributed by atoms with Crippen molar-refractivity contribution in [3.8, 4) is 0 Å². The molecule has 0 spiro atoms. The van der Waals surface area contributed by atoms with Gasteiger partial charge >= 0.3 is 0 Å². The van der Waals surface area contributed by atoms with Crippen LogP contribution in [0.5, 0.6) is 0 Å². The standard InChI is InChI=1S/C12H10ClN3/c1-7-11-12(13)15-9-5-3-4-6-10(9)16(11)8(2)14-7/h3-6H,1-2H3. The molecule has 0 aliphatic rings. The van der Waals surface area contributed by atoms with Gasteiger partial charge in [0.05, 0.1) is 16.7 Å². The summed E-state index contributed by atoms with van der Waals surface area (Å²) in [4.78, 5) is 8.82. The van der Waals surface area contributed by atoms with Gasteiger partial charge in [-0.05, 0) is 26.0 Å². The summed E-state index contributed by atoms with van der Waals surface area (Å²) in [5.74, 6) is 0.938. The number of nitrogens with zero attached hydrogens (tertiary/aromatic N) is 3. The maximum absolute atomic E-state index is 6.18. The zero-order valence-corrected chi connectivity index (χ0v) is 9.78. The van der Waals surface area contributed by atoms with Crippen molar-refractivity contribution in [2.45, 2.75) is 13.8 Å². The second-order valence-electron chi connectivity index (χ2n) is 3.82. The summed E-state index contributed by atoms with van der Waals surface area (Å²) in [7, 11) is 0. The van der Waals surface area contributed by atoms with E-state index < -0.39 is 0 Å². The summed E-state index contributed by atoms with van der Waals surface area (Å²) in [5, 5.41) is 0.511. The van der Waals surface area contributed by atoms with Crippen LogP contribution in [0.2, 0.25) is 5.15 Å². The van der Waals surface area contributed by atoms with Crippen molar-refractivity contribution in [2.24, 2.45) is 0 Å². The molecule has 0 saturated carbocycles. The number of benzene rings is 1. The number of hydrogen-bond donors (Lipinski definition) is 0. The molecule has 2 heterocycles. The fourth-order valence-corrected chi connectivity index (χ4v) is 2.42. The minimum absolute atomic E-state index is 0.511. The van der Waals surface area contributed by atoms with E-state index in [9.17, 15) is 0 Å². The normalized spacial score (nSPS) is 11.4. The average Bonchev–Trinajstić information content (AvgIpc) is 2.55. The molecular weight excluding hydrogens is 222 g/mol. The molecule has 0 bridgehead atoms. The van der Waals surface area contributed by atoms with Crippen LogP contribution in [0, 0.1) is 13.8 Å². The average molecular weight is 232 g/mol. The lowest BCUT2D eigenvalue weighted by Crippen LogP contribution is -1.94. The van der Waals surface area contributed by atoms with E-state index in [0.29, 0.717) is 5.15 Å². The van der Waals surface area contributed by atoms with Crippen LogP contribution < -0.4 is 0 Å². The van der Waals surface area contributed by atoms with Gasteiger partial charge in [-0.3, -0.25) is 4.40 Å². The molecule has 0 amide bonds. The van der Waals surface area contributed by atoms with Crippen molar-refractivity contribution in [1.29, 1.82) is 0 Å². The Hall–Kier alpha value is -1.61. The summed E-state index contributed by atoms with van der Waals surface area (Å²) >= 11 is 6.18. The van der Waals surface area contributed by atoms with E-state index in [1.165, 1.54) is 0 Å². The maximum atomic E-state index is 6.18. The SMILES string of the molecule is Cc1nc(C)n2c1c(Cl)nc1ccccc12. The molecule has 0 fully saturated rings. The van der Waals surface area contributed by atoms with E-state index in [2.05, 4.69) is 14.4 Å². The number of hydrogen-bond acceptors (Lipinski definition) is 2. The minimum atomic E-state index is 0.511. The van der Waals surface area contributed by atoms with Crippen LogP contribution in [0.1, 0.15) is 11.5 Å². The Bertz CT molecular complexity index is 700. The molecule has 0 aliphatic heterocycles. The highest BCUT2D eigenvalue weighted by Crippen LogP contribution is 2.25. The molecule has 0 N–H and O–H groups in total. The fraction of sp³-hybridized carbons (Fsp3) is 0.167. The summed E-state index contributed by atoms with van der Waals surface area (Å²) in [6.07, 6.45) is 0. The largest absolute Gasteiger partial charge is 0.292 e. The summed E-state index contributed by atoms with van der Waals surface area (Å²) < 4.78 is 2.06. The molecule has 1 aromatic carbocycles. The van der Waals surface area contributed by atoms with Gasteiger partial charge in [0.15, 0.2) is 5.15 Å². The first-order chi connectivity index (χ1) is 7.68. The van der Waals surface area contributed by atoms with E-state index in [0.717, 1.165) is 28.1 Å². The predicted octanol–water partition coefficient (Wildman–Crippen LogP) is 3.15. The molecule has 0 saturated heterocycles. The molecule has 3 nitrogen and oxygen atoms in total. The summed E-state index contributed by atoms with van der Waals surface area (Å²) in [6.45, 7) is 3.92. The van der Waals surface area contributed by atoms with Gasteiger partial charge in [0, 0.05) is 0 Å². The second kappa shape index (κ2) is 3.19. The molecule has 0 aliphatic carbocycles. The Morgan fingerprint density at radius 3 is 2.69 bits per heavy atom. The first-order valence-electron chi connectivity index (χ1n) is 5.08. The highest BCUT2D eigenvalue weighted by atomic mass is 35.5. The topological polar surface area (TPSA) is 30.2 Å². The van der Waals surface area contributed by atoms with Crippen molar-refractivity contribution in [3.05, 3.63) is 40.9 Å². The van der Waals surface area contributed by atoms with E-state index >= 15 is 0 Å². The first-order valence-corrected chi connectivity index (χ1v) is 5.46. The van der Waals surface area contributed by atoms with Crippen LogP contribution in [0.4, 0.5) is 0 Å². The lowest BCUT2D eigenvalue weighted by molar-refractivity contribution is 1.06. The van der Waals surface area contributed by atoms with Crippen molar-refractivity contribution >= 4 is 28.2 Å². The minimum Gasteiger partial charge on any atom is -0.292 e. The molecule has 2 aromatic heterocycles. The van der Waals surface area contributed by atoms with Gasteiger partial charge in [-0.25, -0.2) is 9.97 Å².